The average molecular weight is 588 g/mol. The standard InChI is InChI=1S/C33H38FN5O4/c1-22(39-36-27-11-7-8-12-28(27)37-39)33(41)38(20-19-23-13-18-29(42-2)30(21-23)43-3)31(24-14-16-25(34)17-15-24)32(40)35-26-9-5-4-6-10-26/h7-8,11-18,21-22,26,31H,4-6,9-10,19-20H2,1-3H3,(H,35,40)/t22-,31+/m0/s1. The number of rotatable bonds is 11. The van der Waals surface area contributed by atoms with Crippen LogP contribution in [-0.4, -0.2) is 58.5 Å². The number of methoxy groups -OCH3 is 2. The third-order valence-electron chi connectivity index (χ3n) is 8.08. The van der Waals surface area contributed by atoms with Gasteiger partial charge in [0, 0.05) is 12.6 Å². The number of halogens is 1. The number of carbonyl (C=O) groups is 2. The third kappa shape index (κ3) is 6.96. The van der Waals surface area contributed by atoms with Crippen LogP contribution in [0.15, 0.2) is 66.7 Å². The molecule has 43 heavy (non-hydrogen) atoms. The van der Waals surface area contributed by atoms with Gasteiger partial charge in [0.25, 0.3) is 0 Å². The van der Waals surface area contributed by atoms with E-state index in [1.807, 2.05) is 42.5 Å². The van der Waals surface area contributed by atoms with Crippen LogP contribution in [0.2, 0.25) is 0 Å². The number of carbonyl (C=O) groups excluding carboxylic acids is 2. The summed E-state index contributed by atoms with van der Waals surface area (Å²) in [4.78, 5) is 31.4. The predicted molar refractivity (Wildman–Crippen MR) is 161 cm³/mol. The van der Waals surface area contributed by atoms with Gasteiger partial charge in [-0.2, -0.15) is 15.0 Å². The molecule has 1 heterocycles. The molecule has 0 unspecified atom stereocenters. The number of amides is 2. The first-order chi connectivity index (χ1) is 20.9. The van der Waals surface area contributed by atoms with Crippen LogP contribution in [0, 0.1) is 5.82 Å². The first-order valence-corrected chi connectivity index (χ1v) is 14.8. The Labute approximate surface area is 251 Å². The van der Waals surface area contributed by atoms with E-state index in [4.69, 9.17) is 9.47 Å². The van der Waals surface area contributed by atoms with Gasteiger partial charge >= 0.3 is 0 Å². The number of aromatic nitrogens is 3. The number of nitrogens with zero attached hydrogens (tertiary/aromatic N) is 4. The molecule has 1 N–H and O–H groups in total. The molecular formula is C33H38FN5O4. The summed E-state index contributed by atoms with van der Waals surface area (Å²) < 4.78 is 24.9. The minimum atomic E-state index is -0.984. The van der Waals surface area contributed by atoms with Gasteiger partial charge in [0.15, 0.2) is 11.5 Å². The molecule has 1 saturated carbocycles. The molecule has 10 heteroatoms. The van der Waals surface area contributed by atoms with Crippen molar-refractivity contribution in [3.63, 3.8) is 0 Å². The molecule has 1 aromatic heterocycles. The van der Waals surface area contributed by atoms with E-state index in [-0.39, 0.29) is 24.4 Å². The van der Waals surface area contributed by atoms with E-state index in [1.165, 1.54) is 16.9 Å². The Morgan fingerprint density at radius 3 is 2.23 bits per heavy atom. The molecule has 5 rings (SSSR count). The molecule has 3 aromatic carbocycles. The molecule has 2 atom stereocenters. The normalized spacial score (nSPS) is 15.1. The second-order valence-corrected chi connectivity index (χ2v) is 11.0. The quantitative estimate of drug-likeness (QED) is 0.252. The number of hydrogen-bond donors (Lipinski definition) is 1. The van der Waals surface area contributed by atoms with Crippen LogP contribution in [0.5, 0.6) is 11.5 Å². The fourth-order valence-corrected chi connectivity index (χ4v) is 5.69. The van der Waals surface area contributed by atoms with Crippen molar-refractivity contribution in [1.29, 1.82) is 0 Å². The SMILES string of the molecule is COc1ccc(CCN(C(=O)[C@H](C)n2nc3ccccc3n2)[C@@H](C(=O)NC2CCCCC2)c2ccc(F)cc2)cc1OC. The van der Waals surface area contributed by atoms with Gasteiger partial charge < -0.3 is 19.7 Å². The molecule has 0 radical (unpaired) electrons. The third-order valence-corrected chi connectivity index (χ3v) is 8.08. The van der Waals surface area contributed by atoms with Crippen molar-refractivity contribution in [3.05, 3.63) is 83.7 Å². The van der Waals surface area contributed by atoms with E-state index < -0.39 is 17.9 Å². The summed E-state index contributed by atoms with van der Waals surface area (Å²) in [5, 5.41) is 12.3. The summed E-state index contributed by atoms with van der Waals surface area (Å²) in [6.45, 7) is 1.94. The Kier molecular flexibility index (Phi) is 9.54. The van der Waals surface area contributed by atoms with Crippen molar-refractivity contribution in [2.45, 2.75) is 63.6 Å². The maximum Gasteiger partial charge on any atom is 0.249 e. The maximum absolute atomic E-state index is 14.4. The molecule has 4 aromatic rings. The van der Waals surface area contributed by atoms with E-state index in [1.54, 1.807) is 38.2 Å². The molecule has 2 amide bonds. The van der Waals surface area contributed by atoms with Crippen LogP contribution in [-0.2, 0) is 16.0 Å². The lowest BCUT2D eigenvalue weighted by Gasteiger charge is -2.34. The van der Waals surface area contributed by atoms with Gasteiger partial charge in [-0.05, 0) is 73.7 Å². The molecule has 0 saturated heterocycles. The molecule has 0 spiro atoms. The van der Waals surface area contributed by atoms with Crippen molar-refractivity contribution in [1.82, 2.24) is 25.2 Å². The Morgan fingerprint density at radius 1 is 0.953 bits per heavy atom. The molecular weight excluding hydrogens is 549 g/mol. The van der Waals surface area contributed by atoms with Gasteiger partial charge in [-0.15, -0.1) is 0 Å². The lowest BCUT2D eigenvalue weighted by molar-refractivity contribution is -0.144. The van der Waals surface area contributed by atoms with E-state index >= 15 is 0 Å². The van der Waals surface area contributed by atoms with Gasteiger partial charge in [0.05, 0.1) is 14.2 Å². The highest BCUT2D eigenvalue weighted by atomic mass is 19.1. The lowest BCUT2D eigenvalue weighted by Crippen LogP contribution is -2.49. The summed E-state index contributed by atoms with van der Waals surface area (Å²) in [7, 11) is 3.14. The van der Waals surface area contributed by atoms with Gasteiger partial charge in [-0.1, -0.05) is 49.6 Å². The van der Waals surface area contributed by atoms with Crippen LogP contribution in [0.3, 0.4) is 0 Å². The van der Waals surface area contributed by atoms with Crippen molar-refractivity contribution in [2.24, 2.45) is 0 Å². The predicted octanol–water partition coefficient (Wildman–Crippen LogP) is 5.41. The summed E-state index contributed by atoms with van der Waals surface area (Å²) in [6.07, 6.45) is 5.45. The van der Waals surface area contributed by atoms with Gasteiger partial charge in [0.1, 0.15) is 28.9 Å². The topological polar surface area (TPSA) is 98.6 Å². The number of nitrogens with one attached hydrogen (secondary N) is 1. The summed E-state index contributed by atoms with van der Waals surface area (Å²) in [6, 6.07) is 17.0. The number of fused-ring (bicyclic) bond motifs is 1. The highest BCUT2D eigenvalue weighted by Crippen LogP contribution is 2.30. The van der Waals surface area contributed by atoms with Crippen molar-refractivity contribution in [2.75, 3.05) is 20.8 Å². The maximum atomic E-state index is 14.4. The van der Waals surface area contributed by atoms with E-state index in [0.717, 1.165) is 37.7 Å². The molecule has 1 fully saturated rings. The van der Waals surface area contributed by atoms with Gasteiger partial charge in [-0.25, -0.2) is 4.39 Å². The van der Waals surface area contributed by atoms with Crippen molar-refractivity contribution < 1.29 is 23.5 Å². The molecule has 226 valence electrons. The first kappa shape index (κ1) is 30.0. The summed E-state index contributed by atoms with van der Waals surface area (Å²) in [5.41, 5.74) is 2.77. The number of hydrogen-bond acceptors (Lipinski definition) is 6. The van der Waals surface area contributed by atoms with Crippen LogP contribution < -0.4 is 14.8 Å². The first-order valence-electron chi connectivity index (χ1n) is 14.8. The molecule has 1 aliphatic carbocycles. The second kappa shape index (κ2) is 13.7. The second-order valence-electron chi connectivity index (χ2n) is 11.0. The fraction of sp³-hybridized carbons (Fsp3) is 0.394. The van der Waals surface area contributed by atoms with Crippen LogP contribution in [0.25, 0.3) is 11.0 Å². The Morgan fingerprint density at radius 2 is 1.60 bits per heavy atom. The van der Waals surface area contributed by atoms with Crippen molar-refractivity contribution in [3.8, 4) is 11.5 Å². The lowest BCUT2D eigenvalue weighted by atomic mass is 9.94. The number of benzene rings is 3. The minimum Gasteiger partial charge on any atom is -0.493 e. The molecule has 0 aliphatic heterocycles. The van der Waals surface area contributed by atoms with Crippen LogP contribution in [0.4, 0.5) is 4.39 Å². The largest absolute Gasteiger partial charge is 0.493 e. The molecule has 9 nitrogen and oxygen atoms in total. The zero-order chi connectivity index (χ0) is 30.3. The summed E-state index contributed by atoms with van der Waals surface area (Å²) in [5.74, 6) is 0.141. The molecule has 0 bridgehead atoms. The summed E-state index contributed by atoms with van der Waals surface area (Å²) >= 11 is 0. The van der Waals surface area contributed by atoms with Gasteiger partial charge in [-0.3, -0.25) is 9.59 Å². The van der Waals surface area contributed by atoms with Gasteiger partial charge in [0.2, 0.25) is 11.8 Å². The Bertz CT molecular complexity index is 1520. The highest BCUT2D eigenvalue weighted by Gasteiger charge is 2.36. The zero-order valence-corrected chi connectivity index (χ0v) is 24.8. The minimum absolute atomic E-state index is 0.0301. The highest BCUT2D eigenvalue weighted by molar-refractivity contribution is 5.90. The zero-order valence-electron chi connectivity index (χ0n) is 24.8. The van der Waals surface area contributed by atoms with Crippen molar-refractivity contribution >= 4 is 22.8 Å². The van der Waals surface area contributed by atoms with E-state index in [0.29, 0.717) is 34.5 Å². The van der Waals surface area contributed by atoms with Crippen LogP contribution >= 0.6 is 0 Å². The number of ether oxygens (including phenoxy) is 2. The fourth-order valence-electron chi connectivity index (χ4n) is 5.69. The monoisotopic (exact) mass is 587 g/mol. The van der Waals surface area contributed by atoms with E-state index in [2.05, 4.69) is 15.5 Å². The molecule has 1 aliphatic rings. The van der Waals surface area contributed by atoms with Crippen LogP contribution in [0.1, 0.15) is 62.2 Å². The smallest absolute Gasteiger partial charge is 0.249 e. The Balaban J connectivity index is 1.51. The average Bonchev–Trinajstić information content (AvgIpc) is 3.48. The Hall–Kier alpha value is -4.47. The van der Waals surface area contributed by atoms with E-state index in [9.17, 15) is 14.0 Å².